The van der Waals surface area contributed by atoms with Crippen molar-refractivity contribution in [3.8, 4) is 5.75 Å². The van der Waals surface area contributed by atoms with Crippen molar-refractivity contribution in [2.24, 2.45) is 5.92 Å². The number of aryl methyl sites for hydroxylation is 1. The van der Waals surface area contributed by atoms with Gasteiger partial charge in [-0.2, -0.15) is 0 Å². The highest BCUT2D eigenvalue weighted by atomic mass is 16.5. The van der Waals surface area contributed by atoms with Crippen molar-refractivity contribution in [3.05, 3.63) is 23.8 Å². The molecule has 1 aromatic rings. The minimum absolute atomic E-state index is 0.00703. The summed E-state index contributed by atoms with van der Waals surface area (Å²) in [6, 6.07) is 5.59. The lowest BCUT2D eigenvalue weighted by Crippen LogP contribution is -2.17. The number of ether oxygens (including phenoxy) is 1. The van der Waals surface area contributed by atoms with Crippen molar-refractivity contribution < 1.29 is 9.53 Å². The van der Waals surface area contributed by atoms with Crippen molar-refractivity contribution in [1.29, 1.82) is 0 Å². The van der Waals surface area contributed by atoms with Gasteiger partial charge in [0.2, 0.25) is 5.91 Å². The van der Waals surface area contributed by atoms with Crippen molar-refractivity contribution in [2.45, 2.75) is 20.8 Å². The predicted octanol–water partition coefficient (Wildman–Crippen LogP) is 2.60. The third-order valence-electron chi connectivity index (χ3n) is 2.19. The molecule has 3 nitrogen and oxygen atoms in total. The first-order chi connectivity index (χ1) is 7.04. The topological polar surface area (TPSA) is 38.3 Å². The lowest BCUT2D eigenvalue weighted by Gasteiger charge is -2.10. The van der Waals surface area contributed by atoms with Gasteiger partial charge in [-0.25, -0.2) is 0 Å². The van der Waals surface area contributed by atoms with Crippen molar-refractivity contribution in [3.63, 3.8) is 0 Å². The van der Waals surface area contributed by atoms with E-state index in [-0.39, 0.29) is 11.8 Å². The molecule has 1 N–H and O–H groups in total. The van der Waals surface area contributed by atoms with Crippen LogP contribution in [-0.2, 0) is 4.79 Å². The zero-order valence-electron chi connectivity index (χ0n) is 9.63. The smallest absolute Gasteiger partial charge is 0.226 e. The molecular formula is C12H17NO2. The molecule has 0 saturated heterocycles. The monoisotopic (exact) mass is 207 g/mol. The fourth-order valence-electron chi connectivity index (χ4n) is 1.24. The summed E-state index contributed by atoms with van der Waals surface area (Å²) in [5, 5.41) is 2.84. The molecule has 0 fully saturated rings. The van der Waals surface area contributed by atoms with Crippen LogP contribution in [0, 0.1) is 12.8 Å². The second-order valence-corrected chi connectivity index (χ2v) is 3.83. The van der Waals surface area contributed by atoms with Gasteiger partial charge in [-0.3, -0.25) is 4.79 Å². The quantitative estimate of drug-likeness (QED) is 0.827. The molecule has 0 bridgehead atoms. The van der Waals surface area contributed by atoms with Gasteiger partial charge in [-0.15, -0.1) is 0 Å². The van der Waals surface area contributed by atoms with E-state index < -0.39 is 0 Å². The largest absolute Gasteiger partial charge is 0.496 e. The normalized spacial score (nSPS) is 10.2. The van der Waals surface area contributed by atoms with E-state index in [1.54, 1.807) is 7.11 Å². The van der Waals surface area contributed by atoms with Gasteiger partial charge < -0.3 is 10.1 Å². The third kappa shape index (κ3) is 2.98. The number of methoxy groups -OCH3 is 1. The number of hydrogen-bond donors (Lipinski definition) is 1. The van der Waals surface area contributed by atoms with Gasteiger partial charge in [0.1, 0.15) is 5.75 Å². The minimum Gasteiger partial charge on any atom is -0.496 e. The van der Waals surface area contributed by atoms with Gasteiger partial charge in [0.25, 0.3) is 0 Å². The number of hydrogen-bond acceptors (Lipinski definition) is 2. The molecular weight excluding hydrogens is 190 g/mol. The van der Waals surface area contributed by atoms with E-state index in [1.165, 1.54) is 0 Å². The van der Waals surface area contributed by atoms with E-state index in [9.17, 15) is 4.79 Å². The van der Waals surface area contributed by atoms with E-state index in [2.05, 4.69) is 5.32 Å². The van der Waals surface area contributed by atoms with Crippen LogP contribution in [-0.4, -0.2) is 13.0 Å². The molecule has 15 heavy (non-hydrogen) atoms. The van der Waals surface area contributed by atoms with Crippen LogP contribution in [0.3, 0.4) is 0 Å². The maximum Gasteiger partial charge on any atom is 0.226 e. The van der Waals surface area contributed by atoms with Crippen LogP contribution in [0.5, 0.6) is 5.75 Å². The van der Waals surface area contributed by atoms with Crippen LogP contribution in [0.15, 0.2) is 18.2 Å². The number of anilines is 1. The molecule has 0 aromatic heterocycles. The summed E-state index contributed by atoms with van der Waals surface area (Å²) in [5.41, 5.74) is 1.83. The molecule has 0 aliphatic rings. The minimum atomic E-state index is -0.00703. The molecule has 82 valence electrons. The Morgan fingerprint density at radius 1 is 1.40 bits per heavy atom. The summed E-state index contributed by atoms with van der Waals surface area (Å²) >= 11 is 0. The summed E-state index contributed by atoms with van der Waals surface area (Å²) < 4.78 is 5.14. The summed E-state index contributed by atoms with van der Waals surface area (Å²) in [5.74, 6) is 0.851. The maximum atomic E-state index is 11.4. The number of carbonyl (C=O) groups excluding carboxylic acids is 1. The van der Waals surface area contributed by atoms with Gasteiger partial charge in [0.15, 0.2) is 0 Å². The van der Waals surface area contributed by atoms with Gasteiger partial charge >= 0.3 is 0 Å². The highest BCUT2D eigenvalue weighted by Crippen LogP contribution is 2.21. The fourth-order valence-corrected chi connectivity index (χ4v) is 1.24. The van der Waals surface area contributed by atoms with Crippen LogP contribution < -0.4 is 10.1 Å². The van der Waals surface area contributed by atoms with E-state index in [0.717, 1.165) is 17.0 Å². The first-order valence-electron chi connectivity index (χ1n) is 5.00. The highest BCUT2D eigenvalue weighted by Gasteiger charge is 2.07. The van der Waals surface area contributed by atoms with Gasteiger partial charge in [0.05, 0.1) is 7.11 Å². The summed E-state index contributed by atoms with van der Waals surface area (Å²) in [6.07, 6.45) is 0. The Labute approximate surface area is 90.4 Å². The van der Waals surface area contributed by atoms with Crippen LogP contribution in [0.1, 0.15) is 19.4 Å². The number of carbonyl (C=O) groups is 1. The van der Waals surface area contributed by atoms with E-state index in [1.807, 2.05) is 39.0 Å². The zero-order chi connectivity index (χ0) is 11.4. The van der Waals surface area contributed by atoms with Crippen LogP contribution in [0.2, 0.25) is 0 Å². The average Bonchev–Trinajstić information content (AvgIpc) is 2.18. The molecule has 0 aliphatic heterocycles. The van der Waals surface area contributed by atoms with E-state index in [0.29, 0.717) is 0 Å². The Morgan fingerprint density at radius 3 is 2.53 bits per heavy atom. The summed E-state index contributed by atoms with van der Waals surface area (Å²) in [7, 11) is 1.63. The Kier molecular flexibility index (Phi) is 3.72. The lowest BCUT2D eigenvalue weighted by molar-refractivity contribution is -0.118. The Hall–Kier alpha value is -1.51. The maximum absolute atomic E-state index is 11.4. The Bertz CT molecular complexity index is 359. The third-order valence-corrected chi connectivity index (χ3v) is 2.19. The van der Waals surface area contributed by atoms with Crippen molar-refractivity contribution in [2.75, 3.05) is 12.4 Å². The van der Waals surface area contributed by atoms with Crippen molar-refractivity contribution >= 4 is 11.6 Å². The number of benzene rings is 1. The average molecular weight is 207 g/mol. The first-order valence-corrected chi connectivity index (χ1v) is 5.00. The molecule has 3 heteroatoms. The van der Waals surface area contributed by atoms with E-state index >= 15 is 0 Å². The predicted molar refractivity (Wildman–Crippen MR) is 61.2 cm³/mol. The van der Waals surface area contributed by atoms with Crippen LogP contribution in [0.25, 0.3) is 0 Å². The molecule has 0 spiro atoms. The number of amides is 1. The first kappa shape index (κ1) is 11.6. The fraction of sp³-hybridized carbons (Fsp3) is 0.417. The molecule has 0 aliphatic carbocycles. The van der Waals surface area contributed by atoms with E-state index in [4.69, 9.17) is 4.74 Å². The molecule has 1 aromatic carbocycles. The van der Waals surface area contributed by atoms with Gasteiger partial charge in [-0.05, 0) is 30.7 Å². The van der Waals surface area contributed by atoms with Crippen LogP contribution >= 0.6 is 0 Å². The Morgan fingerprint density at radius 2 is 2.07 bits per heavy atom. The second-order valence-electron chi connectivity index (χ2n) is 3.83. The van der Waals surface area contributed by atoms with Crippen molar-refractivity contribution in [1.82, 2.24) is 0 Å². The highest BCUT2D eigenvalue weighted by molar-refractivity contribution is 5.92. The standard InChI is InChI=1S/C12H17NO2/c1-8(2)12(14)13-10-5-6-11(15-4)9(3)7-10/h5-8H,1-4H3,(H,13,14). The zero-order valence-corrected chi connectivity index (χ0v) is 9.63. The molecule has 1 amide bonds. The Balaban J connectivity index is 2.80. The SMILES string of the molecule is COc1ccc(NC(=O)C(C)C)cc1C. The molecule has 1 rings (SSSR count). The molecule has 0 saturated carbocycles. The van der Waals surface area contributed by atoms with Crippen LogP contribution in [0.4, 0.5) is 5.69 Å². The molecule has 0 heterocycles. The molecule has 0 radical (unpaired) electrons. The number of rotatable bonds is 3. The second kappa shape index (κ2) is 4.82. The lowest BCUT2D eigenvalue weighted by atomic mass is 10.1. The molecule has 0 unspecified atom stereocenters. The summed E-state index contributed by atoms with van der Waals surface area (Å²) in [6.45, 7) is 5.68. The number of nitrogens with one attached hydrogen (secondary N) is 1. The molecule has 0 atom stereocenters. The van der Waals surface area contributed by atoms with Gasteiger partial charge in [0, 0.05) is 11.6 Å². The summed E-state index contributed by atoms with van der Waals surface area (Å²) in [4.78, 5) is 11.4. The van der Waals surface area contributed by atoms with Gasteiger partial charge in [-0.1, -0.05) is 13.8 Å².